The van der Waals surface area contributed by atoms with Crippen molar-refractivity contribution in [2.75, 3.05) is 13.1 Å². The van der Waals surface area contributed by atoms with Gasteiger partial charge in [0.15, 0.2) is 0 Å². The first-order chi connectivity index (χ1) is 16.1. The maximum atomic E-state index is 12.7. The summed E-state index contributed by atoms with van der Waals surface area (Å²) < 4.78 is 69.1. The zero-order chi connectivity index (χ0) is 24.3. The third-order valence-corrected chi connectivity index (χ3v) is 7.34. The van der Waals surface area contributed by atoms with E-state index in [9.17, 15) is 21.6 Å². The molecule has 0 aliphatic carbocycles. The molecule has 1 saturated heterocycles. The van der Waals surface area contributed by atoms with Gasteiger partial charge in [0, 0.05) is 42.3 Å². The number of halogens is 4. The molecule has 1 aliphatic heterocycles. The van der Waals surface area contributed by atoms with Gasteiger partial charge in [-0.3, -0.25) is 4.90 Å². The lowest BCUT2D eigenvalue weighted by Crippen LogP contribution is -2.37. The fourth-order valence-corrected chi connectivity index (χ4v) is 5.48. The van der Waals surface area contributed by atoms with Crippen LogP contribution < -0.4 is 9.46 Å². The summed E-state index contributed by atoms with van der Waals surface area (Å²) in [6.45, 7) is 1.83. The normalized spacial score (nSPS) is 17.1. The van der Waals surface area contributed by atoms with E-state index in [0.717, 1.165) is 28.8 Å². The van der Waals surface area contributed by atoms with E-state index in [1.165, 1.54) is 12.1 Å². The molecule has 0 amide bonds. The fourth-order valence-electron chi connectivity index (χ4n) is 3.94. The van der Waals surface area contributed by atoms with Crippen molar-refractivity contribution in [2.45, 2.75) is 30.3 Å². The third kappa shape index (κ3) is 6.29. The average molecular weight is 511 g/mol. The molecule has 0 unspecified atom stereocenters. The topological polar surface area (TPSA) is 58.6 Å². The summed E-state index contributed by atoms with van der Waals surface area (Å²) >= 11 is 6.26. The van der Waals surface area contributed by atoms with Gasteiger partial charge in [-0.2, -0.15) is 0 Å². The summed E-state index contributed by atoms with van der Waals surface area (Å²) in [7, 11) is -3.99. The van der Waals surface area contributed by atoms with Crippen LogP contribution in [0.1, 0.15) is 12.0 Å². The first-order valence-electron chi connectivity index (χ1n) is 10.5. The Hall–Kier alpha value is -2.59. The van der Waals surface area contributed by atoms with Crippen LogP contribution in [0.25, 0.3) is 11.1 Å². The highest BCUT2D eigenvalue weighted by atomic mass is 35.5. The molecular formula is C24H22ClF3N2O3S. The Kier molecular flexibility index (Phi) is 7.18. The summed E-state index contributed by atoms with van der Waals surface area (Å²) in [5, 5.41) is 0.681. The number of nitrogens with zero attached hydrogens (tertiary/aromatic N) is 1. The minimum atomic E-state index is -4.90. The minimum absolute atomic E-state index is 0.275. The fraction of sp³-hybridized carbons (Fsp3) is 0.250. The molecule has 3 aromatic rings. The van der Waals surface area contributed by atoms with Gasteiger partial charge in [-0.25, -0.2) is 13.1 Å². The lowest BCUT2D eigenvalue weighted by atomic mass is 10.0. The van der Waals surface area contributed by atoms with Crippen LogP contribution in [0.3, 0.4) is 0 Å². The molecule has 34 heavy (non-hydrogen) atoms. The van der Waals surface area contributed by atoms with Crippen molar-refractivity contribution < 1.29 is 26.3 Å². The van der Waals surface area contributed by atoms with Gasteiger partial charge in [-0.1, -0.05) is 60.1 Å². The summed E-state index contributed by atoms with van der Waals surface area (Å²) in [5.41, 5.74) is 3.05. The molecule has 1 N–H and O–H groups in total. The van der Waals surface area contributed by atoms with Gasteiger partial charge in [-0.05, 0) is 35.7 Å². The van der Waals surface area contributed by atoms with E-state index in [1.807, 2.05) is 48.5 Å². The van der Waals surface area contributed by atoms with Gasteiger partial charge in [0.25, 0.3) is 0 Å². The Morgan fingerprint density at radius 1 is 1.03 bits per heavy atom. The van der Waals surface area contributed by atoms with Crippen LogP contribution in [-0.4, -0.2) is 38.8 Å². The van der Waals surface area contributed by atoms with Gasteiger partial charge < -0.3 is 4.74 Å². The second kappa shape index (κ2) is 9.95. The number of benzene rings is 3. The Labute approximate surface area is 201 Å². The first kappa shape index (κ1) is 24.5. The number of hydrogen-bond acceptors (Lipinski definition) is 4. The molecule has 10 heteroatoms. The second-order valence-corrected chi connectivity index (χ2v) is 10.2. The van der Waals surface area contributed by atoms with Crippen molar-refractivity contribution in [2.24, 2.45) is 0 Å². The molecule has 180 valence electrons. The maximum absolute atomic E-state index is 12.7. The van der Waals surface area contributed by atoms with Crippen LogP contribution in [0.2, 0.25) is 5.02 Å². The van der Waals surface area contributed by atoms with Crippen LogP contribution in [0.5, 0.6) is 5.75 Å². The van der Waals surface area contributed by atoms with Gasteiger partial charge in [0.2, 0.25) is 10.0 Å². The molecule has 1 atom stereocenters. The molecule has 0 spiro atoms. The zero-order valence-electron chi connectivity index (χ0n) is 17.9. The van der Waals surface area contributed by atoms with Crippen molar-refractivity contribution >= 4 is 21.6 Å². The highest BCUT2D eigenvalue weighted by Gasteiger charge is 2.32. The smallest absolute Gasteiger partial charge is 0.406 e. The first-order valence-corrected chi connectivity index (χ1v) is 12.4. The van der Waals surface area contributed by atoms with Gasteiger partial charge >= 0.3 is 6.36 Å². The van der Waals surface area contributed by atoms with E-state index in [4.69, 9.17) is 11.6 Å². The molecular weight excluding hydrogens is 489 g/mol. The monoisotopic (exact) mass is 510 g/mol. The lowest BCUT2D eigenvalue weighted by molar-refractivity contribution is -0.274. The average Bonchev–Trinajstić information content (AvgIpc) is 3.20. The Morgan fingerprint density at radius 3 is 2.47 bits per heavy atom. The van der Waals surface area contributed by atoms with E-state index >= 15 is 0 Å². The van der Waals surface area contributed by atoms with Crippen molar-refractivity contribution in [3.8, 4) is 16.9 Å². The molecule has 0 bridgehead atoms. The molecule has 0 aromatic heterocycles. The van der Waals surface area contributed by atoms with Crippen molar-refractivity contribution in [1.82, 2.24) is 9.62 Å². The number of rotatable bonds is 7. The highest BCUT2D eigenvalue weighted by Crippen LogP contribution is 2.28. The summed E-state index contributed by atoms with van der Waals surface area (Å²) in [4.78, 5) is 1.85. The molecule has 5 nitrogen and oxygen atoms in total. The minimum Gasteiger partial charge on any atom is -0.406 e. The molecule has 3 aromatic carbocycles. The summed E-state index contributed by atoms with van der Waals surface area (Å²) in [5.74, 6) is -0.580. The van der Waals surface area contributed by atoms with Crippen molar-refractivity contribution in [3.05, 3.63) is 83.4 Å². The Balaban J connectivity index is 1.36. The molecule has 1 aliphatic rings. The van der Waals surface area contributed by atoms with Crippen LogP contribution in [0, 0.1) is 0 Å². The summed E-state index contributed by atoms with van der Waals surface area (Å²) in [6.07, 6.45) is -4.30. The Morgan fingerprint density at radius 2 is 1.76 bits per heavy atom. The predicted molar refractivity (Wildman–Crippen MR) is 124 cm³/mol. The van der Waals surface area contributed by atoms with Crippen LogP contribution in [0.15, 0.2) is 77.7 Å². The van der Waals surface area contributed by atoms with Gasteiger partial charge in [-0.15, -0.1) is 13.2 Å². The highest BCUT2D eigenvalue weighted by molar-refractivity contribution is 7.89. The third-order valence-electron chi connectivity index (χ3n) is 5.49. The van der Waals surface area contributed by atoms with E-state index in [0.29, 0.717) is 31.1 Å². The van der Waals surface area contributed by atoms with Crippen molar-refractivity contribution in [1.29, 1.82) is 0 Å². The second-order valence-electron chi connectivity index (χ2n) is 8.04. The number of hydrogen-bond donors (Lipinski definition) is 1. The van der Waals surface area contributed by atoms with E-state index in [2.05, 4.69) is 14.4 Å². The lowest BCUT2D eigenvalue weighted by Gasteiger charge is -2.17. The number of nitrogens with one attached hydrogen (secondary N) is 1. The number of ether oxygens (including phenoxy) is 1. The predicted octanol–water partition coefficient (Wildman–Crippen LogP) is 5.46. The van der Waals surface area contributed by atoms with E-state index < -0.39 is 22.1 Å². The SMILES string of the molecule is O=S(=O)(N[C@@H]1CCN(Cc2ccc(-c3ccccc3Cl)cc2)C1)c1cccc(OC(F)(F)F)c1. The summed E-state index contributed by atoms with van der Waals surface area (Å²) in [6, 6.07) is 19.7. The molecule has 0 radical (unpaired) electrons. The van der Waals surface area contributed by atoms with Gasteiger partial charge in [0.05, 0.1) is 4.90 Å². The molecule has 0 saturated carbocycles. The standard InChI is InChI=1S/C24H22ClF3N2O3S/c25-23-7-2-1-6-22(23)18-10-8-17(9-11-18)15-30-13-12-19(16-30)29-34(31,32)21-5-3-4-20(14-21)33-24(26,27)28/h1-11,14,19,29H,12-13,15-16H2/t19-/m1/s1. The number of sulfonamides is 1. The van der Waals surface area contributed by atoms with E-state index in [-0.39, 0.29) is 10.9 Å². The molecule has 4 rings (SSSR count). The Bertz CT molecular complexity index is 1250. The molecule has 1 heterocycles. The van der Waals surface area contributed by atoms with E-state index in [1.54, 1.807) is 0 Å². The maximum Gasteiger partial charge on any atom is 0.573 e. The number of likely N-dealkylation sites (tertiary alicyclic amines) is 1. The van der Waals surface area contributed by atoms with Crippen LogP contribution in [0.4, 0.5) is 13.2 Å². The molecule has 1 fully saturated rings. The number of alkyl halides is 3. The van der Waals surface area contributed by atoms with Gasteiger partial charge in [0.1, 0.15) is 5.75 Å². The van der Waals surface area contributed by atoms with Crippen LogP contribution in [-0.2, 0) is 16.6 Å². The quantitative estimate of drug-likeness (QED) is 0.458. The largest absolute Gasteiger partial charge is 0.573 e. The van der Waals surface area contributed by atoms with Crippen molar-refractivity contribution in [3.63, 3.8) is 0 Å². The zero-order valence-corrected chi connectivity index (χ0v) is 19.5. The van der Waals surface area contributed by atoms with Crippen LogP contribution >= 0.6 is 11.6 Å².